The molecule has 1 saturated heterocycles. The van der Waals surface area contributed by atoms with Crippen molar-refractivity contribution in [3.63, 3.8) is 0 Å². The first-order valence-electron chi connectivity index (χ1n) is 10.5. The third kappa shape index (κ3) is 6.92. The number of methoxy groups -OCH3 is 1. The molecule has 0 bridgehead atoms. The maximum atomic E-state index is 12.0. The molecule has 2 aliphatic rings. The van der Waals surface area contributed by atoms with Crippen LogP contribution < -0.4 is 4.74 Å². The molecule has 0 spiro atoms. The number of hydrogen-bond acceptors (Lipinski definition) is 7. The molecule has 0 amide bonds. The average Bonchev–Trinajstić information content (AvgIpc) is 3.12. The maximum absolute atomic E-state index is 12.0. The molecule has 7 nitrogen and oxygen atoms in total. The molecule has 0 radical (unpaired) electrons. The van der Waals surface area contributed by atoms with Crippen LogP contribution in [0.3, 0.4) is 0 Å². The normalized spacial score (nSPS) is 16.4. The first-order chi connectivity index (χ1) is 14.5. The number of morpholine rings is 1. The Morgan fingerprint density at radius 1 is 1.26 bits per heavy atom. The Labute approximate surface area is 199 Å². The molecule has 1 aromatic rings. The summed E-state index contributed by atoms with van der Waals surface area (Å²) >= 11 is 0. The van der Waals surface area contributed by atoms with Gasteiger partial charge in [-0.15, -0.1) is 0 Å². The van der Waals surface area contributed by atoms with E-state index in [1.165, 1.54) is 0 Å². The number of fused-ring (bicyclic) bond motifs is 1. The molecule has 0 N–H and O–H groups in total. The molecule has 0 aromatic heterocycles. The van der Waals surface area contributed by atoms with E-state index < -0.39 is 0 Å². The van der Waals surface area contributed by atoms with Crippen LogP contribution in [0.5, 0.6) is 5.75 Å². The van der Waals surface area contributed by atoms with Crippen LogP contribution in [0.1, 0.15) is 46.8 Å². The summed E-state index contributed by atoms with van der Waals surface area (Å²) in [5.74, 6) is 0.334. The van der Waals surface area contributed by atoms with E-state index in [4.69, 9.17) is 18.9 Å². The number of carbonyl (C=O) groups is 2. The third-order valence-corrected chi connectivity index (χ3v) is 5.67. The number of nitrogens with zero attached hydrogens (tertiary/aromatic N) is 1. The van der Waals surface area contributed by atoms with Gasteiger partial charge in [-0.05, 0) is 43.9 Å². The van der Waals surface area contributed by atoms with Crippen LogP contribution in [0.4, 0.5) is 0 Å². The van der Waals surface area contributed by atoms with Gasteiger partial charge in [-0.3, -0.25) is 9.69 Å². The van der Waals surface area contributed by atoms with Gasteiger partial charge in [0.05, 0.1) is 25.9 Å². The number of carbonyl (C=O) groups excluding carboxylic acids is 2. The van der Waals surface area contributed by atoms with E-state index in [2.05, 4.69) is 11.0 Å². The van der Waals surface area contributed by atoms with E-state index >= 15 is 0 Å². The van der Waals surface area contributed by atoms with Crippen LogP contribution in [0.25, 0.3) is 0 Å². The van der Waals surface area contributed by atoms with E-state index in [1.54, 1.807) is 7.11 Å². The number of hydrogen-bond donors (Lipinski definition) is 0. The Morgan fingerprint density at radius 2 is 2.00 bits per heavy atom. The molecule has 0 saturated carbocycles. The van der Waals surface area contributed by atoms with Gasteiger partial charge in [0.25, 0.3) is 0 Å². The Kier molecular flexibility index (Phi) is 10.3. The van der Waals surface area contributed by atoms with Crippen LogP contribution in [0.2, 0.25) is 0 Å². The van der Waals surface area contributed by atoms with Crippen molar-refractivity contribution in [2.45, 2.75) is 39.7 Å². The summed E-state index contributed by atoms with van der Waals surface area (Å²) in [4.78, 5) is 26.2. The first kappa shape index (κ1) is 25.6. The molecule has 31 heavy (non-hydrogen) atoms. The van der Waals surface area contributed by atoms with E-state index in [9.17, 15) is 9.59 Å². The number of rotatable bonds is 9. The van der Waals surface area contributed by atoms with Crippen LogP contribution in [0.15, 0.2) is 17.7 Å². The summed E-state index contributed by atoms with van der Waals surface area (Å²) < 4.78 is 21.4. The SMILES string of the molecule is COc1c(C/C=C(\C)CCC(=O)OCCN2CCOCC2)cc2c(c1C)COC2=O.[Au+3]. The molecule has 2 heterocycles. The number of cyclic esters (lactones) is 1. The Balaban J connectivity index is 0.00000341. The van der Waals surface area contributed by atoms with E-state index in [0.29, 0.717) is 38.0 Å². The minimum absolute atomic E-state index is 0. The van der Waals surface area contributed by atoms with Crippen LogP contribution in [-0.2, 0) is 54.4 Å². The second kappa shape index (κ2) is 12.4. The minimum Gasteiger partial charge on any atom is -0.496 e. The summed E-state index contributed by atoms with van der Waals surface area (Å²) in [7, 11) is 1.64. The van der Waals surface area contributed by atoms with Crippen molar-refractivity contribution in [2.24, 2.45) is 0 Å². The molecule has 172 valence electrons. The molecule has 0 aliphatic carbocycles. The van der Waals surface area contributed by atoms with Crippen LogP contribution >= 0.6 is 0 Å². The zero-order chi connectivity index (χ0) is 21.5. The van der Waals surface area contributed by atoms with Gasteiger partial charge in [-0.25, -0.2) is 4.79 Å². The van der Waals surface area contributed by atoms with Crippen molar-refractivity contribution in [2.75, 3.05) is 46.6 Å². The van der Waals surface area contributed by atoms with Gasteiger partial charge < -0.3 is 18.9 Å². The van der Waals surface area contributed by atoms with Crippen LogP contribution in [-0.4, -0.2) is 63.4 Å². The summed E-state index contributed by atoms with van der Waals surface area (Å²) in [6.45, 7) is 8.70. The van der Waals surface area contributed by atoms with Gasteiger partial charge in [0.15, 0.2) is 0 Å². The Morgan fingerprint density at radius 3 is 2.71 bits per heavy atom. The summed E-state index contributed by atoms with van der Waals surface area (Å²) in [5.41, 5.74) is 4.52. The fraction of sp³-hybridized carbons (Fsp3) is 0.565. The third-order valence-electron chi connectivity index (χ3n) is 5.67. The largest absolute Gasteiger partial charge is 3.00 e. The first-order valence-corrected chi connectivity index (χ1v) is 10.5. The monoisotopic (exact) mass is 614 g/mol. The standard InChI is InChI=1S/C23H31NO6.Au/c1-16(5-7-21(25)29-13-10-24-8-11-28-12-9-24)4-6-18-14-19-20(15-30-23(19)26)17(2)22(18)27-3;/h4,14H,5-13,15H2,1-3H3;/q;+3/b16-4+;. The van der Waals surface area contributed by atoms with Crippen molar-refractivity contribution in [3.8, 4) is 5.75 Å². The molecular weight excluding hydrogens is 583 g/mol. The van der Waals surface area contributed by atoms with Gasteiger partial charge in [0.2, 0.25) is 0 Å². The van der Waals surface area contributed by atoms with E-state index in [0.717, 1.165) is 60.9 Å². The second-order valence-electron chi connectivity index (χ2n) is 7.73. The van der Waals surface area contributed by atoms with Gasteiger partial charge in [-0.2, -0.15) is 0 Å². The average molecular weight is 614 g/mol. The molecular formula is C23H31AuNO6+3. The molecule has 2 aliphatic heterocycles. The minimum atomic E-state index is -0.280. The summed E-state index contributed by atoms with van der Waals surface area (Å²) in [6.07, 6.45) is 3.70. The zero-order valence-corrected chi connectivity index (χ0v) is 20.6. The smallest absolute Gasteiger partial charge is 0.496 e. The van der Waals surface area contributed by atoms with Crippen molar-refractivity contribution < 1.29 is 50.9 Å². The predicted octanol–water partition coefficient (Wildman–Crippen LogP) is 2.82. The van der Waals surface area contributed by atoms with E-state index in [1.807, 2.05) is 19.9 Å². The number of esters is 2. The number of allylic oxidation sites excluding steroid dienone is 2. The summed E-state index contributed by atoms with van der Waals surface area (Å²) in [6, 6.07) is 1.86. The van der Waals surface area contributed by atoms with Gasteiger partial charge in [0, 0.05) is 31.6 Å². The zero-order valence-electron chi connectivity index (χ0n) is 18.4. The fourth-order valence-electron chi connectivity index (χ4n) is 3.80. The predicted molar refractivity (Wildman–Crippen MR) is 112 cm³/mol. The van der Waals surface area contributed by atoms with Gasteiger partial charge in [0.1, 0.15) is 19.0 Å². The van der Waals surface area contributed by atoms with Crippen molar-refractivity contribution in [1.29, 1.82) is 0 Å². The topological polar surface area (TPSA) is 74.3 Å². The molecule has 0 atom stereocenters. The van der Waals surface area contributed by atoms with Gasteiger partial charge >= 0.3 is 34.3 Å². The second-order valence-corrected chi connectivity index (χ2v) is 7.73. The number of benzene rings is 1. The van der Waals surface area contributed by atoms with Crippen molar-refractivity contribution in [1.82, 2.24) is 4.90 Å². The van der Waals surface area contributed by atoms with Crippen LogP contribution in [0, 0.1) is 6.92 Å². The van der Waals surface area contributed by atoms with E-state index in [-0.39, 0.29) is 34.3 Å². The van der Waals surface area contributed by atoms with Crippen molar-refractivity contribution in [3.05, 3.63) is 40.0 Å². The fourth-order valence-corrected chi connectivity index (χ4v) is 3.80. The van der Waals surface area contributed by atoms with Crippen molar-refractivity contribution >= 4 is 11.9 Å². The Bertz CT molecular complexity index is 817. The molecule has 1 fully saturated rings. The molecule has 0 unspecified atom stereocenters. The Hall–Kier alpha value is -1.64. The molecule has 3 rings (SSSR count). The number of ether oxygens (including phenoxy) is 4. The summed E-state index contributed by atoms with van der Waals surface area (Å²) in [5, 5.41) is 0. The molecule has 1 aromatic carbocycles. The van der Waals surface area contributed by atoms with Gasteiger partial charge in [-0.1, -0.05) is 11.6 Å². The quantitative estimate of drug-likeness (QED) is 0.241. The molecule has 8 heteroatoms. The maximum Gasteiger partial charge on any atom is 3.00 e.